The summed E-state index contributed by atoms with van der Waals surface area (Å²) in [6, 6.07) is 0. The second-order valence-electron chi connectivity index (χ2n) is 5.89. The lowest BCUT2D eigenvalue weighted by Crippen LogP contribution is -2.45. The Balaban J connectivity index is 1.98. The van der Waals surface area contributed by atoms with Crippen LogP contribution >= 0.6 is 0 Å². The van der Waals surface area contributed by atoms with E-state index in [0.29, 0.717) is 6.42 Å². The Morgan fingerprint density at radius 2 is 1.85 bits per heavy atom. The normalized spacial score (nSPS) is 33.0. The number of hydrogen-bond donors (Lipinski definition) is 0. The van der Waals surface area contributed by atoms with Gasteiger partial charge in [-0.25, -0.2) is 4.79 Å². The van der Waals surface area contributed by atoms with Crippen LogP contribution in [-0.2, 0) is 23.7 Å². The molecular formula is C12H17F3O5. The molecule has 116 valence electrons. The Labute approximate surface area is 114 Å². The Hall–Kier alpha value is -0.860. The third kappa shape index (κ3) is 3.07. The molecule has 2 aliphatic heterocycles. The van der Waals surface area contributed by atoms with Crippen LogP contribution < -0.4 is 0 Å². The minimum absolute atomic E-state index is 0.298. The number of halogens is 3. The van der Waals surface area contributed by atoms with E-state index in [9.17, 15) is 18.0 Å². The zero-order chi connectivity index (χ0) is 15.3. The van der Waals surface area contributed by atoms with Gasteiger partial charge >= 0.3 is 12.1 Å². The molecule has 2 saturated heterocycles. The smallest absolute Gasteiger partial charge is 0.450 e. The molecular weight excluding hydrogens is 281 g/mol. The van der Waals surface area contributed by atoms with Crippen LogP contribution in [0.1, 0.15) is 34.1 Å². The second kappa shape index (κ2) is 4.57. The Morgan fingerprint density at radius 1 is 1.25 bits per heavy atom. The van der Waals surface area contributed by atoms with Gasteiger partial charge in [0.2, 0.25) is 0 Å². The average molecular weight is 298 g/mol. The van der Waals surface area contributed by atoms with E-state index < -0.39 is 35.9 Å². The largest absolute Gasteiger partial charge is 0.490 e. The van der Waals surface area contributed by atoms with Gasteiger partial charge in [0.15, 0.2) is 12.1 Å². The number of fused-ring (bicyclic) bond motifs is 1. The maximum absolute atomic E-state index is 12.2. The fraction of sp³-hybridized carbons (Fsp3) is 0.917. The van der Waals surface area contributed by atoms with E-state index in [2.05, 4.69) is 4.74 Å². The van der Waals surface area contributed by atoms with Crippen molar-refractivity contribution in [1.82, 2.24) is 0 Å². The van der Waals surface area contributed by atoms with Crippen molar-refractivity contribution in [2.24, 2.45) is 0 Å². The lowest BCUT2D eigenvalue weighted by molar-refractivity contribution is -0.241. The molecule has 3 atom stereocenters. The number of rotatable bonds is 2. The van der Waals surface area contributed by atoms with Crippen LogP contribution in [0.5, 0.6) is 0 Å². The van der Waals surface area contributed by atoms with E-state index in [0.717, 1.165) is 0 Å². The van der Waals surface area contributed by atoms with E-state index in [1.165, 1.54) is 13.8 Å². The molecule has 0 radical (unpaired) electrons. The minimum atomic E-state index is -5.03. The van der Waals surface area contributed by atoms with Crippen LogP contribution in [0.15, 0.2) is 0 Å². The van der Waals surface area contributed by atoms with Crippen molar-refractivity contribution in [3.63, 3.8) is 0 Å². The molecule has 2 rings (SSSR count). The zero-order valence-corrected chi connectivity index (χ0v) is 11.6. The Bertz CT molecular complexity index is 388. The highest BCUT2D eigenvalue weighted by Gasteiger charge is 2.54. The Kier molecular flexibility index (Phi) is 3.55. The van der Waals surface area contributed by atoms with Gasteiger partial charge in [-0.2, -0.15) is 13.2 Å². The van der Waals surface area contributed by atoms with Crippen molar-refractivity contribution in [2.75, 3.05) is 0 Å². The van der Waals surface area contributed by atoms with Gasteiger partial charge in [-0.05, 0) is 27.7 Å². The fourth-order valence-electron chi connectivity index (χ4n) is 2.32. The lowest BCUT2D eigenvalue weighted by atomic mass is 9.98. The van der Waals surface area contributed by atoms with Gasteiger partial charge in [0.25, 0.3) is 0 Å². The van der Waals surface area contributed by atoms with Crippen LogP contribution in [-0.4, -0.2) is 42.0 Å². The van der Waals surface area contributed by atoms with E-state index in [4.69, 9.17) is 14.2 Å². The van der Waals surface area contributed by atoms with Gasteiger partial charge in [0.1, 0.15) is 17.8 Å². The number of carbonyl (C=O) groups excluding carboxylic acids is 1. The number of carbonyl (C=O) groups is 1. The fourth-order valence-corrected chi connectivity index (χ4v) is 2.32. The predicted molar refractivity (Wildman–Crippen MR) is 59.5 cm³/mol. The van der Waals surface area contributed by atoms with Gasteiger partial charge in [-0.3, -0.25) is 0 Å². The van der Waals surface area contributed by atoms with Crippen LogP contribution in [0.25, 0.3) is 0 Å². The summed E-state index contributed by atoms with van der Waals surface area (Å²) in [4.78, 5) is 10.9. The molecule has 0 spiro atoms. The highest BCUT2D eigenvalue weighted by atomic mass is 19.4. The summed E-state index contributed by atoms with van der Waals surface area (Å²) >= 11 is 0. The summed E-state index contributed by atoms with van der Waals surface area (Å²) in [7, 11) is 0. The summed E-state index contributed by atoms with van der Waals surface area (Å²) in [6.45, 7) is 6.18. The number of hydrogen-bond acceptors (Lipinski definition) is 5. The van der Waals surface area contributed by atoms with E-state index in [1.807, 2.05) is 0 Å². The maximum atomic E-state index is 12.2. The summed E-state index contributed by atoms with van der Waals surface area (Å²) in [5.41, 5.74) is -1.42. The molecule has 20 heavy (non-hydrogen) atoms. The monoisotopic (exact) mass is 298 g/mol. The third-order valence-corrected chi connectivity index (χ3v) is 3.25. The average Bonchev–Trinajstić information content (AvgIpc) is 2.68. The summed E-state index contributed by atoms with van der Waals surface area (Å²) in [6.07, 6.45) is -6.48. The molecule has 0 aliphatic carbocycles. The van der Waals surface area contributed by atoms with Gasteiger partial charge in [0, 0.05) is 6.42 Å². The molecule has 5 nitrogen and oxygen atoms in total. The van der Waals surface area contributed by atoms with Crippen molar-refractivity contribution in [2.45, 2.75) is 70.2 Å². The minimum Gasteiger partial charge on any atom is -0.450 e. The third-order valence-electron chi connectivity index (χ3n) is 3.25. The molecule has 0 unspecified atom stereocenters. The highest BCUT2D eigenvalue weighted by Crippen LogP contribution is 2.41. The molecule has 8 heteroatoms. The number of ether oxygens (including phenoxy) is 4. The first-order chi connectivity index (χ1) is 8.91. The summed E-state index contributed by atoms with van der Waals surface area (Å²) < 4.78 is 57.7. The van der Waals surface area contributed by atoms with Crippen molar-refractivity contribution in [3.8, 4) is 0 Å². The van der Waals surface area contributed by atoms with Crippen molar-refractivity contribution < 1.29 is 36.9 Å². The van der Waals surface area contributed by atoms with E-state index in [-0.39, 0.29) is 6.10 Å². The first-order valence-electron chi connectivity index (χ1n) is 6.22. The first kappa shape index (κ1) is 15.5. The first-order valence-corrected chi connectivity index (χ1v) is 6.22. The summed E-state index contributed by atoms with van der Waals surface area (Å²) in [5, 5.41) is 0. The SMILES string of the molecule is CC1(C)O[C@H]2O[C@H](C(C)(C)OC(=O)C(F)(F)F)C[C@H]2O1. The molecule has 0 saturated carbocycles. The zero-order valence-electron chi connectivity index (χ0n) is 11.6. The van der Waals surface area contributed by atoms with Crippen molar-refractivity contribution in [1.29, 1.82) is 0 Å². The van der Waals surface area contributed by atoms with E-state index >= 15 is 0 Å². The summed E-state index contributed by atoms with van der Waals surface area (Å²) in [5.74, 6) is -3.02. The van der Waals surface area contributed by atoms with Crippen LogP contribution in [0, 0.1) is 0 Å². The molecule has 2 fully saturated rings. The molecule has 0 N–H and O–H groups in total. The maximum Gasteiger partial charge on any atom is 0.490 e. The predicted octanol–water partition coefficient (Wildman–Crippen LogP) is 2.14. The van der Waals surface area contributed by atoms with Gasteiger partial charge in [0.05, 0.1) is 0 Å². The van der Waals surface area contributed by atoms with Crippen molar-refractivity contribution in [3.05, 3.63) is 0 Å². The molecule has 0 bridgehead atoms. The molecule has 2 aliphatic rings. The standard InChI is InChI=1S/C12H17F3O5/c1-10(2,20-9(16)12(13,14)15)7-5-6-8(17-7)19-11(3,4)18-6/h6-8H,5H2,1-4H3/t6-,7+,8-/m1/s1. The quantitative estimate of drug-likeness (QED) is 0.731. The molecule has 2 heterocycles. The van der Waals surface area contributed by atoms with Gasteiger partial charge in [-0.1, -0.05) is 0 Å². The Morgan fingerprint density at radius 3 is 2.35 bits per heavy atom. The molecule has 0 aromatic carbocycles. The van der Waals surface area contributed by atoms with Crippen LogP contribution in [0.3, 0.4) is 0 Å². The highest BCUT2D eigenvalue weighted by molar-refractivity contribution is 5.76. The van der Waals surface area contributed by atoms with Gasteiger partial charge in [-0.15, -0.1) is 0 Å². The van der Waals surface area contributed by atoms with Crippen molar-refractivity contribution >= 4 is 5.97 Å². The lowest BCUT2D eigenvalue weighted by Gasteiger charge is -2.32. The van der Waals surface area contributed by atoms with Gasteiger partial charge < -0.3 is 18.9 Å². The van der Waals surface area contributed by atoms with Crippen LogP contribution in [0.2, 0.25) is 0 Å². The topological polar surface area (TPSA) is 54.0 Å². The molecule has 0 amide bonds. The number of alkyl halides is 3. The second-order valence-corrected chi connectivity index (χ2v) is 5.89. The van der Waals surface area contributed by atoms with E-state index in [1.54, 1.807) is 13.8 Å². The molecule has 0 aromatic rings. The molecule has 0 aromatic heterocycles. The number of esters is 1. The van der Waals surface area contributed by atoms with Crippen LogP contribution in [0.4, 0.5) is 13.2 Å².